The van der Waals surface area contributed by atoms with Crippen LogP contribution < -0.4 is 5.73 Å². The highest BCUT2D eigenvalue weighted by Crippen LogP contribution is 2.23. The Kier molecular flexibility index (Phi) is 2.71. The number of nitriles is 1. The maximum atomic E-state index is 13.5. The number of nitrogens with zero attached hydrogens (tertiary/aromatic N) is 3. The van der Waals surface area contributed by atoms with Crippen LogP contribution in [0.3, 0.4) is 0 Å². The van der Waals surface area contributed by atoms with Crippen LogP contribution in [0, 0.1) is 35.7 Å². The number of anilines is 1. The highest BCUT2D eigenvalue weighted by molar-refractivity contribution is 5.56. The van der Waals surface area contributed by atoms with Gasteiger partial charge in [-0.2, -0.15) is 10.4 Å². The summed E-state index contributed by atoms with van der Waals surface area (Å²) in [6.07, 6.45) is 0. The van der Waals surface area contributed by atoms with Crippen LogP contribution in [-0.4, -0.2) is 9.78 Å². The number of aromatic nitrogens is 2. The molecule has 0 saturated heterocycles. The predicted molar refractivity (Wildman–Crippen MR) is 57.3 cm³/mol. The van der Waals surface area contributed by atoms with E-state index in [2.05, 4.69) is 5.10 Å². The first-order valence-corrected chi connectivity index (χ1v) is 4.85. The van der Waals surface area contributed by atoms with Gasteiger partial charge in [0.2, 0.25) is 0 Å². The number of nitrogen functional groups attached to an aromatic ring is 1. The number of hydrogen-bond donors (Lipinski definition) is 1. The Bertz CT molecular complexity index is 670. The van der Waals surface area contributed by atoms with Crippen LogP contribution in [0.4, 0.5) is 19.0 Å². The van der Waals surface area contributed by atoms with Crippen molar-refractivity contribution in [2.45, 2.75) is 6.92 Å². The first kappa shape index (κ1) is 12.0. The van der Waals surface area contributed by atoms with E-state index in [1.807, 2.05) is 0 Å². The van der Waals surface area contributed by atoms with Crippen molar-refractivity contribution in [1.82, 2.24) is 9.78 Å². The lowest BCUT2D eigenvalue weighted by Crippen LogP contribution is -2.06. The van der Waals surface area contributed by atoms with Gasteiger partial charge in [0, 0.05) is 12.1 Å². The SMILES string of the molecule is Cc1nn(-c2cc(F)c(F)cc2F)c(N)c1C#N. The van der Waals surface area contributed by atoms with E-state index in [4.69, 9.17) is 11.0 Å². The zero-order chi connectivity index (χ0) is 13.4. The van der Waals surface area contributed by atoms with Gasteiger partial charge in [-0.15, -0.1) is 0 Å². The van der Waals surface area contributed by atoms with Gasteiger partial charge in [-0.05, 0) is 6.92 Å². The molecule has 1 aromatic heterocycles. The fourth-order valence-electron chi connectivity index (χ4n) is 1.54. The number of halogens is 3. The van der Waals surface area contributed by atoms with Crippen LogP contribution in [-0.2, 0) is 0 Å². The molecule has 92 valence electrons. The zero-order valence-electron chi connectivity index (χ0n) is 9.21. The van der Waals surface area contributed by atoms with Gasteiger partial charge < -0.3 is 5.73 Å². The van der Waals surface area contributed by atoms with Crippen molar-refractivity contribution in [1.29, 1.82) is 5.26 Å². The second-order valence-corrected chi connectivity index (χ2v) is 3.59. The second-order valence-electron chi connectivity index (χ2n) is 3.59. The third kappa shape index (κ3) is 1.68. The van der Waals surface area contributed by atoms with E-state index < -0.39 is 17.5 Å². The lowest BCUT2D eigenvalue weighted by Gasteiger charge is -2.06. The maximum Gasteiger partial charge on any atom is 0.161 e. The molecular formula is C11H7F3N4. The van der Waals surface area contributed by atoms with Gasteiger partial charge in [-0.1, -0.05) is 0 Å². The Morgan fingerprint density at radius 1 is 1.22 bits per heavy atom. The summed E-state index contributed by atoms with van der Waals surface area (Å²) in [7, 11) is 0. The molecule has 0 fully saturated rings. The number of benzene rings is 1. The summed E-state index contributed by atoms with van der Waals surface area (Å²) in [6, 6.07) is 2.83. The summed E-state index contributed by atoms with van der Waals surface area (Å²) in [5.41, 5.74) is 5.59. The molecule has 0 radical (unpaired) electrons. The molecule has 2 aromatic rings. The van der Waals surface area contributed by atoms with Crippen LogP contribution in [0.5, 0.6) is 0 Å². The summed E-state index contributed by atoms with van der Waals surface area (Å²) in [5, 5.41) is 12.6. The predicted octanol–water partition coefficient (Wildman–Crippen LogP) is 2.05. The van der Waals surface area contributed by atoms with Crippen LogP contribution >= 0.6 is 0 Å². The summed E-state index contributed by atoms with van der Waals surface area (Å²) in [6.45, 7) is 1.50. The van der Waals surface area contributed by atoms with E-state index in [1.165, 1.54) is 6.92 Å². The summed E-state index contributed by atoms with van der Waals surface area (Å²) >= 11 is 0. The molecule has 0 amide bonds. The van der Waals surface area contributed by atoms with Gasteiger partial charge in [0.25, 0.3) is 0 Å². The van der Waals surface area contributed by atoms with Crippen LogP contribution in [0.2, 0.25) is 0 Å². The largest absolute Gasteiger partial charge is 0.382 e. The van der Waals surface area contributed by atoms with E-state index >= 15 is 0 Å². The second kappa shape index (κ2) is 4.07. The standard InChI is InChI=1S/C11H7F3N4/c1-5-6(4-15)11(16)18(17-5)10-3-8(13)7(12)2-9(10)14/h2-3H,16H2,1H3. The Balaban J connectivity index is 2.71. The number of nitrogens with two attached hydrogens (primary N) is 1. The minimum atomic E-state index is -1.31. The Morgan fingerprint density at radius 2 is 1.83 bits per heavy atom. The third-order valence-electron chi connectivity index (χ3n) is 2.43. The maximum absolute atomic E-state index is 13.5. The van der Waals surface area contributed by atoms with Crippen molar-refractivity contribution in [3.63, 3.8) is 0 Å². The molecule has 0 atom stereocenters. The Morgan fingerprint density at radius 3 is 2.39 bits per heavy atom. The van der Waals surface area contributed by atoms with Crippen molar-refractivity contribution in [3.05, 3.63) is 40.8 Å². The molecule has 4 nitrogen and oxygen atoms in total. The van der Waals surface area contributed by atoms with E-state index in [0.717, 1.165) is 4.68 Å². The molecule has 0 saturated carbocycles. The zero-order valence-corrected chi connectivity index (χ0v) is 9.21. The molecule has 0 bridgehead atoms. The van der Waals surface area contributed by atoms with Gasteiger partial charge in [0.05, 0.1) is 5.69 Å². The molecule has 1 heterocycles. The van der Waals surface area contributed by atoms with Gasteiger partial charge in [0.1, 0.15) is 23.1 Å². The van der Waals surface area contributed by atoms with Crippen molar-refractivity contribution >= 4 is 5.82 Å². The fraction of sp³-hybridized carbons (Fsp3) is 0.0909. The highest BCUT2D eigenvalue weighted by atomic mass is 19.2. The minimum absolute atomic E-state index is 0.0686. The van der Waals surface area contributed by atoms with Crippen molar-refractivity contribution in [2.24, 2.45) is 0 Å². The Hall–Kier alpha value is -2.49. The van der Waals surface area contributed by atoms with Crippen LogP contribution in [0.15, 0.2) is 12.1 Å². The molecule has 2 N–H and O–H groups in total. The normalized spacial score (nSPS) is 10.4. The van der Waals surface area contributed by atoms with E-state index in [0.29, 0.717) is 12.1 Å². The summed E-state index contributed by atoms with van der Waals surface area (Å²) in [5.74, 6) is -3.68. The number of aryl methyl sites for hydroxylation is 1. The van der Waals surface area contributed by atoms with E-state index in [1.54, 1.807) is 6.07 Å². The van der Waals surface area contributed by atoms with Crippen molar-refractivity contribution < 1.29 is 13.2 Å². The topological polar surface area (TPSA) is 67.6 Å². The number of hydrogen-bond acceptors (Lipinski definition) is 3. The van der Waals surface area contributed by atoms with Crippen molar-refractivity contribution in [2.75, 3.05) is 5.73 Å². The van der Waals surface area contributed by atoms with Gasteiger partial charge in [-0.25, -0.2) is 17.9 Å². The van der Waals surface area contributed by atoms with Gasteiger partial charge in [-0.3, -0.25) is 0 Å². The molecule has 2 rings (SSSR count). The summed E-state index contributed by atoms with van der Waals surface area (Å²) in [4.78, 5) is 0. The molecule has 0 aliphatic heterocycles. The molecule has 0 aliphatic carbocycles. The van der Waals surface area contributed by atoms with Gasteiger partial charge >= 0.3 is 0 Å². The van der Waals surface area contributed by atoms with Crippen LogP contribution in [0.25, 0.3) is 5.69 Å². The van der Waals surface area contributed by atoms with Crippen molar-refractivity contribution in [3.8, 4) is 11.8 Å². The smallest absolute Gasteiger partial charge is 0.161 e. The molecule has 0 unspecified atom stereocenters. The average molecular weight is 252 g/mol. The minimum Gasteiger partial charge on any atom is -0.382 e. The number of rotatable bonds is 1. The lowest BCUT2D eigenvalue weighted by molar-refractivity contribution is 0.491. The molecule has 7 heteroatoms. The third-order valence-corrected chi connectivity index (χ3v) is 2.43. The van der Waals surface area contributed by atoms with E-state index in [9.17, 15) is 13.2 Å². The quantitative estimate of drug-likeness (QED) is 0.790. The highest BCUT2D eigenvalue weighted by Gasteiger charge is 2.18. The Labute approximate surface area is 100 Å². The average Bonchev–Trinajstić information content (AvgIpc) is 2.59. The monoisotopic (exact) mass is 252 g/mol. The fourth-order valence-corrected chi connectivity index (χ4v) is 1.54. The van der Waals surface area contributed by atoms with Gasteiger partial charge in [0.15, 0.2) is 17.5 Å². The molecule has 0 aliphatic rings. The molecule has 0 spiro atoms. The first-order chi connectivity index (χ1) is 8.45. The summed E-state index contributed by atoms with van der Waals surface area (Å²) < 4.78 is 40.3. The first-order valence-electron chi connectivity index (χ1n) is 4.85. The van der Waals surface area contributed by atoms with E-state index in [-0.39, 0.29) is 22.8 Å². The van der Waals surface area contributed by atoms with Crippen LogP contribution in [0.1, 0.15) is 11.3 Å². The molecule has 18 heavy (non-hydrogen) atoms. The lowest BCUT2D eigenvalue weighted by atomic mass is 10.2. The molecule has 1 aromatic carbocycles. The molecular weight excluding hydrogens is 245 g/mol.